The number of aldehydes is 1. The largest absolute Gasteiger partial charge is 0.513 e. The molecule has 0 unspecified atom stereocenters. The van der Waals surface area contributed by atoms with Gasteiger partial charge < -0.3 is 9.47 Å². The predicted octanol–water partition coefficient (Wildman–Crippen LogP) is 0.482. The first kappa shape index (κ1) is 7.68. The fourth-order valence-electron chi connectivity index (χ4n) is 0.204. The van der Waals surface area contributed by atoms with Crippen molar-refractivity contribution >= 4 is 12.4 Å². The van der Waals surface area contributed by atoms with Gasteiger partial charge in [0.2, 0.25) is 0 Å². The molecule has 4 heteroatoms. The number of ether oxygens (including phenoxy) is 2. The van der Waals surface area contributed by atoms with E-state index in [0.29, 0.717) is 6.29 Å². The molecule has 0 spiro atoms. The average molecular weight is 130 g/mol. The summed E-state index contributed by atoms with van der Waals surface area (Å²) in [6.07, 6.45) is 0.453. The van der Waals surface area contributed by atoms with Crippen molar-refractivity contribution in [3.63, 3.8) is 0 Å². The number of hydrogen-bond donors (Lipinski definition) is 0. The van der Waals surface area contributed by atoms with Gasteiger partial charge in [0.05, 0.1) is 6.26 Å². The van der Waals surface area contributed by atoms with Gasteiger partial charge in [0.1, 0.15) is 0 Å². The molecule has 0 aromatic heterocycles. The van der Waals surface area contributed by atoms with E-state index in [1.807, 2.05) is 0 Å². The Morgan fingerprint density at radius 2 is 2.33 bits per heavy atom. The number of rotatable bonds is 3. The smallest absolute Gasteiger partial charge is 0.426 e. The van der Waals surface area contributed by atoms with Gasteiger partial charge in [0, 0.05) is 0 Å². The van der Waals surface area contributed by atoms with E-state index in [4.69, 9.17) is 0 Å². The maximum atomic E-state index is 10.1. The van der Waals surface area contributed by atoms with Crippen LogP contribution in [0.25, 0.3) is 0 Å². The molecule has 0 fully saturated rings. The molecule has 0 amide bonds. The summed E-state index contributed by atoms with van der Waals surface area (Å²) in [6.45, 7) is 2.81. The van der Waals surface area contributed by atoms with Crippen LogP contribution in [0.3, 0.4) is 0 Å². The Bertz CT molecular complexity index is 118. The zero-order valence-corrected chi connectivity index (χ0v) is 4.70. The number of hydrogen-bond acceptors (Lipinski definition) is 4. The lowest BCUT2D eigenvalue weighted by atomic mass is 10.8. The van der Waals surface area contributed by atoms with Crippen molar-refractivity contribution in [2.45, 2.75) is 0 Å². The molecular weight excluding hydrogens is 124 g/mol. The van der Waals surface area contributed by atoms with Crippen LogP contribution in [0.5, 0.6) is 0 Å². The van der Waals surface area contributed by atoms with Gasteiger partial charge in [0.25, 0.3) is 0 Å². The van der Waals surface area contributed by atoms with E-state index in [-0.39, 0.29) is 6.61 Å². The Morgan fingerprint density at radius 1 is 1.67 bits per heavy atom. The lowest BCUT2D eigenvalue weighted by Gasteiger charge is -1.94. The molecule has 9 heavy (non-hydrogen) atoms. The third kappa shape index (κ3) is 4.53. The van der Waals surface area contributed by atoms with Crippen molar-refractivity contribution in [2.75, 3.05) is 6.61 Å². The second-order valence-electron chi connectivity index (χ2n) is 1.01. The monoisotopic (exact) mass is 130 g/mol. The molecule has 0 aliphatic carbocycles. The summed E-state index contributed by atoms with van der Waals surface area (Å²) in [4.78, 5) is 19.7. The van der Waals surface area contributed by atoms with Crippen molar-refractivity contribution in [3.05, 3.63) is 12.8 Å². The van der Waals surface area contributed by atoms with Gasteiger partial charge in [-0.1, -0.05) is 6.58 Å². The minimum atomic E-state index is -0.919. The van der Waals surface area contributed by atoms with Crippen LogP contribution < -0.4 is 0 Å². The Morgan fingerprint density at radius 3 is 2.78 bits per heavy atom. The molecule has 50 valence electrons. The predicted molar refractivity (Wildman–Crippen MR) is 28.7 cm³/mol. The summed E-state index contributed by atoms with van der Waals surface area (Å²) in [6, 6.07) is 0. The van der Waals surface area contributed by atoms with E-state index in [1.54, 1.807) is 0 Å². The van der Waals surface area contributed by atoms with Crippen LogP contribution in [-0.4, -0.2) is 19.0 Å². The van der Waals surface area contributed by atoms with Gasteiger partial charge in [-0.15, -0.1) is 0 Å². The lowest BCUT2D eigenvalue weighted by molar-refractivity contribution is -0.110. The molecule has 0 radical (unpaired) electrons. The maximum Gasteiger partial charge on any atom is 0.513 e. The van der Waals surface area contributed by atoms with E-state index in [9.17, 15) is 9.59 Å². The maximum absolute atomic E-state index is 10.1. The first-order chi connectivity index (χ1) is 4.31. The van der Waals surface area contributed by atoms with Crippen molar-refractivity contribution in [1.29, 1.82) is 0 Å². The summed E-state index contributed by atoms with van der Waals surface area (Å²) in [5, 5.41) is 0. The average Bonchev–Trinajstić information content (AvgIpc) is 1.85. The molecule has 0 saturated carbocycles. The second-order valence-corrected chi connectivity index (χ2v) is 1.01. The molecule has 0 heterocycles. The molecule has 0 N–H and O–H groups in total. The van der Waals surface area contributed by atoms with Gasteiger partial charge in [-0.25, -0.2) is 4.79 Å². The Hall–Kier alpha value is -1.32. The Balaban J connectivity index is 3.26. The highest BCUT2D eigenvalue weighted by Crippen LogP contribution is 1.81. The normalized spacial score (nSPS) is 7.56. The van der Waals surface area contributed by atoms with Gasteiger partial charge in [-0.3, -0.25) is 4.79 Å². The van der Waals surface area contributed by atoms with E-state index in [1.165, 1.54) is 0 Å². The van der Waals surface area contributed by atoms with E-state index in [0.717, 1.165) is 6.26 Å². The number of carbonyl (C=O) groups excluding carboxylic acids is 2. The van der Waals surface area contributed by atoms with Crippen LogP contribution in [0.1, 0.15) is 0 Å². The van der Waals surface area contributed by atoms with Crippen molar-refractivity contribution in [3.8, 4) is 0 Å². The van der Waals surface area contributed by atoms with Crippen molar-refractivity contribution in [1.82, 2.24) is 0 Å². The van der Waals surface area contributed by atoms with Gasteiger partial charge in [-0.05, 0) is 0 Å². The second kappa shape index (κ2) is 4.83. The summed E-state index contributed by atoms with van der Waals surface area (Å²) < 4.78 is 8.22. The van der Waals surface area contributed by atoms with Crippen LogP contribution in [-0.2, 0) is 14.3 Å². The topological polar surface area (TPSA) is 52.6 Å². The molecular formula is C5H6O4. The zero-order valence-electron chi connectivity index (χ0n) is 4.70. The zero-order chi connectivity index (χ0) is 7.11. The molecule has 0 rings (SSSR count). The first-order valence-corrected chi connectivity index (χ1v) is 2.19. The van der Waals surface area contributed by atoms with Crippen LogP contribution in [0.15, 0.2) is 12.8 Å². The number of carbonyl (C=O) groups is 2. The quantitative estimate of drug-likeness (QED) is 0.317. The first-order valence-electron chi connectivity index (χ1n) is 2.19. The molecule has 0 atom stereocenters. The van der Waals surface area contributed by atoms with Gasteiger partial charge in [0.15, 0.2) is 12.9 Å². The Labute approximate surface area is 52.1 Å². The molecule has 0 aliphatic rings. The molecule has 4 nitrogen and oxygen atoms in total. The molecule has 0 aliphatic heterocycles. The highest BCUT2D eigenvalue weighted by molar-refractivity contribution is 5.63. The molecule has 0 bridgehead atoms. The van der Waals surface area contributed by atoms with E-state index in [2.05, 4.69) is 16.1 Å². The highest BCUT2D eigenvalue weighted by Gasteiger charge is 1.97. The third-order valence-electron chi connectivity index (χ3n) is 0.449. The SMILES string of the molecule is C=COC(=O)OCC=O. The summed E-state index contributed by atoms with van der Waals surface area (Å²) in [7, 11) is 0. The van der Waals surface area contributed by atoms with Crippen LogP contribution in [0.2, 0.25) is 0 Å². The molecule has 0 aromatic carbocycles. The van der Waals surface area contributed by atoms with Gasteiger partial charge >= 0.3 is 6.16 Å². The minimum absolute atomic E-state index is 0.285. The third-order valence-corrected chi connectivity index (χ3v) is 0.449. The summed E-state index contributed by atoms with van der Waals surface area (Å²) in [5.74, 6) is 0. The minimum Gasteiger partial charge on any atom is -0.426 e. The fourth-order valence-corrected chi connectivity index (χ4v) is 0.204. The highest BCUT2D eigenvalue weighted by atomic mass is 16.7. The summed E-state index contributed by atoms with van der Waals surface area (Å²) in [5.41, 5.74) is 0. The standard InChI is InChI=1S/C5H6O4/c1-2-8-5(7)9-4-3-6/h2-3H,1,4H2. The van der Waals surface area contributed by atoms with E-state index >= 15 is 0 Å². The molecule has 0 saturated heterocycles. The van der Waals surface area contributed by atoms with Crippen molar-refractivity contribution < 1.29 is 19.1 Å². The van der Waals surface area contributed by atoms with Crippen molar-refractivity contribution in [2.24, 2.45) is 0 Å². The molecule has 0 aromatic rings. The van der Waals surface area contributed by atoms with Crippen LogP contribution in [0, 0.1) is 0 Å². The van der Waals surface area contributed by atoms with Gasteiger partial charge in [-0.2, -0.15) is 0 Å². The Kier molecular flexibility index (Phi) is 4.12. The van der Waals surface area contributed by atoms with E-state index < -0.39 is 6.16 Å². The summed E-state index contributed by atoms with van der Waals surface area (Å²) >= 11 is 0. The lowest BCUT2D eigenvalue weighted by Crippen LogP contribution is -2.04. The fraction of sp³-hybridized carbons (Fsp3) is 0.200. The van der Waals surface area contributed by atoms with Crippen LogP contribution >= 0.6 is 0 Å². The van der Waals surface area contributed by atoms with Crippen LogP contribution in [0.4, 0.5) is 4.79 Å².